The summed E-state index contributed by atoms with van der Waals surface area (Å²) < 4.78 is 40.8. The van der Waals surface area contributed by atoms with Gasteiger partial charge in [0.05, 0.1) is 6.10 Å². The van der Waals surface area contributed by atoms with Crippen LogP contribution in [-0.4, -0.2) is 37.4 Å². The summed E-state index contributed by atoms with van der Waals surface area (Å²) in [5.74, 6) is -0.344. The normalized spacial score (nSPS) is 24.9. The molecule has 0 bridgehead atoms. The topological polar surface area (TPSA) is 64.4 Å². The van der Waals surface area contributed by atoms with Gasteiger partial charge in [-0.3, -0.25) is 4.79 Å². The molecule has 0 aliphatic carbocycles. The number of alkyl halides is 3. The van der Waals surface area contributed by atoms with E-state index in [1.165, 1.54) is 0 Å². The van der Waals surface area contributed by atoms with Crippen molar-refractivity contribution in [2.24, 2.45) is 5.73 Å². The van der Waals surface area contributed by atoms with Gasteiger partial charge < -0.3 is 15.8 Å². The Kier molecular flexibility index (Phi) is 5.20. The van der Waals surface area contributed by atoms with Gasteiger partial charge >= 0.3 is 6.18 Å². The Morgan fingerprint density at radius 2 is 2.12 bits per heavy atom. The first-order valence-corrected chi connectivity index (χ1v) is 5.62. The number of rotatable bonds is 5. The number of ether oxygens (including phenoxy) is 1. The molecule has 1 fully saturated rings. The number of nitrogens with one attached hydrogen (secondary N) is 1. The Hall–Kier alpha value is -0.820. The summed E-state index contributed by atoms with van der Waals surface area (Å²) >= 11 is 0. The van der Waals surface area contributed by atoms with Crippen LogP contribution >= 0.6 is 0 Å². The molecule has 0 radical (unpaired) electrons. The monoisotopic (exact) mass is 254 g/mol. The molecule has 4 nitrogen and oxygen atoms in total. The average Bonchev–Trinajstić information content (AvgIpc) is 2.71. The Labute approximate surface area is 97.7 Å². The maximum Gasteiger partial charge on any atom is 0.389 e. The maximum atomic E-state index is 11.8. The number of amides is 1. The molecule has 0 spiro atoms. The van der Waals surface area contributed by atoms with Crippen molar-refractivity contribution in [3.05, 3.63) is 0 Å². The van der Waals surface area contributed by atoms with Gasteiger partial charge in [0, 0.05) is 19.5 Å². The maximum absolute atomic E-state index is 11.8. The fraction of sp³-hybridized carbons (Fsp3) is 0.900. The Morgan fingerprint density at radius 3 is 2.65 bits per heavy atom. The van der Waals surface area contributed by atoms with E-state index in [0.717, 1.165) is 6.42 Å². The first-order valence-electron chi connectivity index (χ1n) is 5.62. The molecular formula is C10H17F3N2O2. The highest BCUT2D eigenvalue weighted by molar-refractivity contribution is 5.80. The number of carbonyl (C=O) groups excluding carboxylic acids is 1. The quantitative estimate of drug-likeness (QED) is 0.718. The molecule has 17 heavy (non-hydrogen) atoms. The van der Waals surface area contributed by atoms with Crippen molar-refractivity contribution in [2.75, 3.05) is 13.1 Å². The van der Waals surface area contributed by atoms with Gasteiger partial charge in [-0.15, -0.1) is 0 Å². The zero-order valence-electron chi connectivity index (χ0n) is 9.43. The summed E-state index contributed by atoms with van der Waals surface area (Å²) in [4.78, 5) is 11.5. The average molecular weight is 254 g/mol. The number of halogens is 3. The van der Waals surface area contributed by atoms with Crippen LogP contribution in [0, 0.1) is 0 Å². The Balaban J connectivity index is 2.14. The molecule has 1 saturated heterocycles. The fourth-order valence-electron chi connectivity index (χ4n) is 1.69. The lowest BCUT2D eigenvalue weighted by molar-refractivity contribution is -0.138. The third-order valence-corrected chi connectivity index (χ3v) is 2.60. The summed E-state index contributed by atoms with van der Waals surface area (Å²) in [6.07, 6.45) is -4.54. The Morgan fingerprint density at radius 1 is 1.41 bits per heavy atom. The van der Waals surface area contributed by atoms with E-state index in [1.807, 2.05) is 0 Å². The lowest BCUT2D eigenvalue weighted by atomic mass is 10.2. The fourth-order valence-corrected chi connectivity index (χ4v) is 1.69. The van der Waals surface area contributed by atoms with Crippen LogP contribution < -0.4 is 11.1 Å². The third kappa shape index (κ3) is 5.36. The van der Waals surface area contributed by atoms with E-state index in [4.69, 9.17) is 10.5 Å². The second-order valence-electron chi connectivity index (χ2n) is 4.07. The molecule has 2 atom stereocenters. The first-order chi connectivity index (χ1) is 7.92. The standard InChI is InChI=1S/C10H17F3N2O2/c11-10(12,13)4-1-5-15-9(16)8-3-2-7(6-14)17-8/h7-8H,1-6,14H2,(H,15,16)/t7-,8+/m1/s1. The van der Waals surface area contributed by atoms with Crippen molar-refractivity contribution in [2.45, 2.75) is 44.1 Å². The number of nitrogens with two attached hydrogens (primary N) is 1. The highest BCUT2D eigenvalue weighted by Gasteiger charge is 2.30. The van der Waals surface area contributed by atoms with Crippen LogP contribution in [0.1, 0.15) is 25.7 Å². The molecule has 1 rings (SSSR count). The highest BCUT2D eigenvalue weighted by atomic mass is 19.4. The first kappa shape index (κ1) is 14.2. The Bertz CT molecular complexity index is 258. The van der Waals surface area contributed by atoms with Crippen molar-refractivity contribution >= 4 is 5.91 Å². The van der Waals surface area contributed by atoms with E-state index >= 15 is 0 Å². The molecule has 0 unspecified atom stereocenters. The van der Waals surface area contributed by atoms with Gasteiger partial charge in [0.1, 0.15) is 6.10 Å². The number of carbonyl (C=O) groups is 1. The molecule has 100 valence electrons. The van der Waals surface area contributed by atoms with Gasteiger partial charge in [-0.05, 0) is 19.3 Å². The van der Waals surface area contributed by atoms with Crippen LogP contribution in [0.4, 0.5) is 13.2 Å². The van der Waals surface area contributed by atoms with Crippen molar-refractivity contribution in [3.8, 4) is 0 Å². The van der Waals surface area contributed by atoms with E-state index in [9.17, 15) is 18.0 Å². The molecule has 1 amide bonds. The smallest absolute Gasteiger partial charge is 0.364 e. The van der Waals surface area contributed by atoms with E-state index in [-0.39, 0.29) is 25.0 Å². The lowest BCUT2D eigenvalue weighted by Crippen LogP contribution is -2.36. The molecule has 0 aromatic heterocycles. The molecule has 3 N–H and O–H groups in total. The molecular weight excluding hydrogens is 237 g/mol. The lowest BCUT2D eigenvalue weighted by Gasteiger charge is -2.13. The SMILES string of the molecule is NC[C@H]1CC[C@@H](C(=O)NCCCC(F)(F)F)O1. The van der Waals surface area contributed by atoms with Gasteiger partial charge in [0.15, 0.2) is 0 Å². The predicted molar refractivity (Wildman–Crippen MR) is 55.2 cm³/mol. The van der Waals surface area contributed by atoms with Crippen molar-refractivity contribution in [1.29, 1.82) is 0 Å². The number of hydrogen-bond acceptors (Lipinski definition) is 3. The summed E-state index contributed by atoms with van der Waals surface area (Å²) in [6.45, 7) is 0.378. The summed E-state index contributed by atoms with van der Waals surface area (Å²) in [5.41, 5.74) is 5.38. The van der Waals surface area contributed by atoms with Crippen LogP contribution in [-0.2, 0) is 9.53 Å². The molecule has 1 heterocycles. The van der Waals surface area contributed by atoms with Crippen LogP contribution in [0.2, 0.25) is 0 Å². The largest absolute Gasteiger partial charge is 0.389 e. The zero-order chi connectivity index (χ0) is 12.9. The minimum Gasteiger partial charge on any atom is -0.364 e. The van der Waals surface area contributed by atoms with Crippen molar-refractivity contribution in [1.82, 2.24) is 5.32 Å². The van der Waals surface area contributed by atoms with Crippen LogP contribution in [0.15, 0.2) is 0 Å². The van der Waals surface area contributed by atoms with E-state index in [0.29, 0.717) is 13.0 Å². The third-order valence-electron chi connectivity index (χ3n) is 2.60. The van der Waals surface area contributed by atoms with E-state index in [2.05, 4.69) is 5.32 Å². The second kappa shape index (κ2) is 6.20. The molecule has 0 aromatic carbocycles. The summed E-state index contributed by atoms with van der Waals surface area (Å²) in [7, 11) is 0. The van der Waals surface area contributed by atoms with Gasteiger partial charge in [-0.1, -0.05) is 0 Å². The van der Waals surface area contributed by atoms with Gasteiger partial charge in [-0.2, -0.15) is 13.2 Å². The second-order valence-corrected chi connectivity index (χ2v) is 4.07. The predicted octanol–water partition coefficient (Wildman–Crippen LogP) is 0.951. The van der Waals surface area contributed by atoms with E-state index in [1.54, 1.807) is 0 Å². The highest BCUT2D eigenvalue weighted by Crippen LogP contribution is 2.21. The molecule has 0 saturated carbocycles. The van der Waals surface area contributed by atoms with Gasteiger partial charge in [-0.25, -0.2) is 0 Å². The molecule has 1 aliphatic heterocycles. The molecule has 7 heteroatoms. The summed E-state index contributed by atoms with van der Waals surface area (Å²) in [5, 5.41) is 2.44. The van der Waals surface area contributed by atoms with Crippen LogP contribution in [0.5, 0.6) is 0 Å². The zero-order valence-corrected chi connectivity index (χ0v) is 9.43. The van der Waals surface area contributed by atoms with Crippen LogP contribution in [0.25, 0.3) is 0 Å². The number of hydrogen-bond donors (Lipinski definition) is 2. The summed E-state index contributed by atoms with van der Waals surface area (Å²) in [6, 6.07) is 0. The van der Waals surface area contributed by atoms with Crippen LogP contribution in [0.3, 0.4) is 0 Å². The van der Waals surface area contributed by atoms with Crippen molar-refractivity contribution < 1.29 is 22.7 Å². The van der Waals surface area contributed by atoms with Crippen molar-refractivity contribution in [3.63, 3.8) is 0 Å². The van der Waals surface area contributed by atoms with E-state index < -0.39 is 18.7 Å². The molecule has 0 aromatic rings. The molecule has 1 aliphatic rings. The van der Waals surface area contributed by atoms with Gasteiger partial charge in [0.25, 0.3) is 0 Å². The minimum absolute atomic E-state index is 0.0193. The van der Waals surface area contributed by atoms with Gasteiger partial charge in [0.2, 0.25) is 5.91 Å². The minimum atomic E-state index is -4.17.